The molecule has 0 radical (unpaired) electrons. The minimum Gasteiger partial charge on any atom is -0.506 e. The van der Waals surface area contributed by atoms with Crippen LogP contribution in [-0.4, -0.2) is 20.7 Å². The summed E-state index contributed by atoms with van der Waals surface area (Å²) >= 11 is 0. The predicted octanol–water partition coefficient (Wildman–Crippen LogP) is 2.94. The van der Waals surface area contributed by atoms with Crippen LogP contribution in [0.4, 0.5) is 5.69 Å². The van der Waals surface area contributed by atoms with Crippen molar-refractivity contribution in [2.75, 3.05) is 0 Å². The highest BCUT2D eigenvalue weighted by Crippen LogP contribution is 2.22. The minimum absolute atomic E-state index is 0.0498. The zero-order valence-corrected chi connectivity index (χ0v) is 13.0. The minimum atomic E-state index is -0.265. The number of benzene rings is 2. The van der Waals surface area contributed by atoms with Crippen LogP contribution in [0.5, 0.6) is 5.75 Å². The molecule has 0 saturated heterocycles. The predicted molar refractivity (Wildman–Crippen MR) is 91.1 cm³/mol. The summed E-state index contributed by atoms with van der Waals surface area (Å²) in [6.45, 7) is 1.83. The second-order valence-corrected chi connectivity index (χ2v) is 5.23. The molecule has 1 aromatic heterocycles. The first-order valence-electron chi connectivity index (χ1n) is 7.25. The van der Waals surface area contributed by atoms with Crippen LogP contribution in [0.3, 0.4) is 0 Å². The molecule has 0 atom stereocenters. The topological polar surface area (TPSA) is 59.5 Å². The maximum absolute atomic E-state index is 12.7. The molecule has 0 bridgehead atoms. The van der Waals surface area contributed by atoms with Crippen molar-refractivity contribution in [1.82, 2.24) is 9.36 Å². The molecule has 5 heteroatoms. The van der Waals surface area contributed by atoms with Crippen LogP contribution in [0.25, 0.3) is 5.69 Å². The summed E-state index contributed by atoms with van der Waals surface area (Å²) in [5, 5.41) is 10.0. The van der Waals surface area contributed by atoms with E-state index in [1.165, 1.54) is 4.68 Å². The molecular weight excluding hydrogens is 290 g/mol. The van der Waals surface area contributed by atoms with Crippen molar-refractivity contribution in [3.63, 3.8) is 0 Å². The van der Waals surface area contributed by atoms with E-state index in [1.807, 2.05) is 37.3 Å². The van der Waals surface area contributed by atoms with Gasteiger partial charge < -0.3 is 5.11 Å². The van der Waals surface area contributed by atoms with Crippen LogP contribution >= 0.6 is 0 Å². The molecular formula is C18H17N3O2. The number of hydrogen-bond acceptors (Lipinski definition) is 3. The monoisotopic (exact) mass is 307 g/mol. The normalized spacial score (nSPS) is 11.2. The van der Waals surface area contributed by atoms with Crippen molar-refractivity contribution in [2.24, 2.45) is 12.0 Å². The van der Waals surface area contributed by atoms with E-state index in [9.17, 15) is 9.90 Å². The zero-order chi connectivity index (χ0) is 16.4. The Morgan fingerprint density at radius 1 is 1.04 bits per heavy atom. The van der Waals surface area contributed by atoms with E-state index >= 15 is 0 Å². The standard InChI is InChI=1S/C18H17N3O2/c1-13-17(19-12-14-8-4-3-5-9-14)18(23)21(20(13)2)15-10-6-7-11-16(15)22/h3-12,22H,1-2H3. The molecule has 0 saturated carbocycles. The van der Waals surface area contributed by atoms with Gasteiger partial charge in [0.1, 0.15) is 11.4 Å². The Labute approximate surface area is 133 Å². The van der Waals surface area contributed by atoms with E-state index in [2.05, 4.69) is 4.99 Å². The Bertz CT molecular complexity index is 921. The molecule has 23 heavy (non-hydrogen) atoms. The molecule has 5 nitrogen and oxygen atoms in total. The summed E-state index contributed by atoms with van der Waals surface area (Å²) in [4.78, 5) is 17.1. The number of aliphatic imine (C=N–C) groups is 1. The van der Waals surface area contributed by atoms with Crippen molar-refractivity contribution in [2.45, 2.75) is 6.92 Å². The van der Waals surface area contributed by atoms with Crippen LogP contribution in [0, 0.1) is 6.92 Å². The van der Waals surface area contributed by atoms with E-state index < -0.39 is 0 Å². The first kappa shape index (κ1) is 14.8. The van der Waals surface area contributed by atoms with Gasteiger partial charge in [-0.1, -0.05) is 42.5 Å². The lowest BCUT2D eigenvalue weighted by atomic mass is 10.2. The van der Waals surface area contributed by atoms with Gasteiger partial charge in [-0.15, -0.1) is 0 Å². The average molecular weight is 307 g/mol. The molecule has 0 aliphatic carbocycles. The molecule has 1 heterocycles. The third-order valence-corrected chi connectivity index (χ3v) is 3.78. The van der Waals surface area contributed by atoms with Gasteiger partial charge in [0.25, 0.3) is 5.56 Å². The Kier molecular flexibility index (Phi) is 3.85. The van der Waals surface area contributed by atoms with E-state index in [-0.39, 0.29) is 11.3 Å². The highest BCUT2D eigenvalue weighted by Gasteiger charge is 2.16. The molecule has 0 spiro atoms. The number of phenolic OH excluding ortho intramolecular Hbond substituents is 1. The van der Waals surface area contributed by atoms with Crippen LogP contribution in [0.2, 0.25) is 0 Å². The highest BCUT2D eigenvalue weighted by atomic mass is 16.3. The van der Waals surface area contributed by atoms with Gasteiger partial charge in [-0.3, -0.25) is 9.48 Å². The van der Waals surface area contributed by atoms with Crippen LogP contribution in [0.1, 0.15) is 11.3 Å². The average Bonchev–Trinajstić information content (AvgIpc) is 2.77. The number of nitrogens with zero attached hydrogens (tertiary/aromatic N) is 3. The largest absolute Gasteiger partial charge is 0.506 e. The second-order valence-electron chi connectivity index (χ2n) is 5.23. The summed E-state index contributed by atoms with van der Waals surface area (Å²) in [5.74, 6) is 0.0498. The second kappa shape index (κ2) is 5.96. The summed E-state index contributed by atoms with van der Waals surface area (Å²) < 4.78 is 3.11. The summed E-state index contributed by atoms with van der Waals surface area (Å²) in [6.07, 6.45) is 1.67. The van der Waals surface area contributed by atoms with Gasteiger partial charge in [0.05, 0.1) is 5.69 Å². The van der Waals surface area contributed by atoms with Crippen molar-refractivity contribution >= 4 is 11.9 Å². The van der Waals surface area contributed by atoms with Gasteiger partial charge in [0, 0.05) is 13.3 Å². The highest BCUT2D eigenvalue weighted by molar-refractivity contribution is 5.82. The molecule has 2 aromatic carbocycles. The molecule has 1 N–H and O–H groups in total. The number of aromatic nitrogens is 2. The third kappa shape index (κ3) is 2.68. The zero-order valence-electron chi connectivity index (χ0n) is 13.0. The maximum Gasteiger partial charge on any atom is 0.297 e. The maximum atomic E-state index is 12.7. The quantitative estimate of drug-likeness (QED) is 0.756. The molecule has 0 unspecified atom stereocenters. The number of aromatic hydroxyl groups is 1. The van der Waals surface area contributed by atoms with Gasteiger partial charge >= 0.3 is 0 Å². The van der Waals surface area contributed by atoms with Gasteiger partial charge in [-0.05, 0) is 24.6 Å². The molecule has 0 amide bonds. The van der Waals surface area contributed by atoms with Crippen molar-refractivity contribution < 1.29 is 5.11 Å². The first-order valence-corrected chi connectivity index (χ1v) is 7.25. The van der Waals surface area contributed by atoms with Crippen LogP contribution < -0.4 is 5.56 Å². The summed E-state index contributed by atoms with van der Waals surface area (Å²) in [5.41, 5.74) is 2.18. The van der Waals surface area contributed by atoms with E-state index in [4.69, 9.17) is 0 Å². The SMILES string of the molecule is Cc1c(N=Cc2ccccc2)c(=O)n(-c2ccccc2O)n1C. The fraction of sp³-hybridized carbons (Fsp3) is 0.111. The molecule has 0 aliphatic rings. The van der Waals surface area contributed by atoms with Gasteiger partial charge in [0.2, 0.25) is 0 Å². The lowest BCUT2D eigenvalue weighted by Gasteiger charge is -2.09. The van der Waals surface area contributed by atoms with Gasteiger partial charge in [-0.25, -0.2) is 9.67 Å². The number of phenols is 1. The van der Waals surface area contributed by atoms with Crippen LogP contribution in [0.15, 0.2) is 64.4 Å². The molecule has 0 aliphatic heterocycles. The fourth-order valence-corrected chi connectivity index (χ4v) is 2.44. The van der Waals surface area contributed by atoms with Crippen molar-refractivity contribution in [3.8, 4) is 11.4 Å². The van der Waals surface area contributed by atoms with Crippen molar-refractivity contribution in [3.05, 3.63) is 76.2 Å². The van der Waals surface area contributed by atoms with Crippen LogP contribution in [-0.2, 0) is 7.05 Å². The summed E-state index contributed by atoms with van der Waals surface area (Å²) in [7, 11) is 1.77. The number of hydrogen-bond donors (Lipinski definition) is 1. The van der Waals surface area contributed by atoms with E-state index in [0.717, 1.165) is 11.3 Å². The molecule has 3 rings (SSSR count). The molecule has 116 valence electrons. The lowest BCUT2D eigenvalue weighted by molar-refractivity contribution is 0.464. The Morgan fingerprint density at radius 2 is 1.70 bits per heavy atom. The van der Waals surface area contributed by atoms with Gasteiger partial charge in [0.15, 0.2) is 5.69 Å². The number of para-hydroxylation sites is 2. The third-order valence-electron chi connectivity index (χ3n) is 3.78. The van der Waals surface area contributed by atoms with E-state index in [1.54, 1.807) is 42.2 Å². The Morgan fingerprint density at radius 3 is 2.39 bits per heavy atom. The Balaban J connectivity index is 2.11. The smallest absolute Gasteiger partial charge is 0.297 e. The molecule has 3 aromatic rings. The van der Waals surface area contributed by atoms with Gasteiger partial charge in [-0.2, -0.15) is 0 Å². The van der Waals surface area contributed by atoms with E-state index in [0.29, 0.717) is 11.4 Å². The molecule has 0 fully saturated rings. The van der Waals surface area contributed by atoms with Crippen molar-refractivity contribution in [1.29, 1.82) is 0 Å². The number of rotatable bonds is 3. The Hall–Kier alpha value is -3.08. The first-order chi connectivity index (χ1) is 11.1. The summed E-state index contributed by atoms with van der Waals surface area (Å²) in [6, 6.07) is 16.3. The fourth-order valence-electron chi connectivity index (χ4n) is 2.44. The lowest BCUT2D eigenvalue weighted by Crippen LogP contribution is -2.19.